The van der Waals surface area contributed by atoms with E-state index in [9.17, 15) is 14.4 Å². The van der Waals surface area contributed by atoms with Gasteiger partial charge < -0.3 is 35.0 Å². The monoisotopic (exact) mass is 797 g/mol. The van der Waals surface area contributed by atoms with Crippen LogP contribution in [0.1, 0.15) is 101 Å². The summed E-state index contributed by atoms with van der Waals surface area (Å²) >= 11 is 0. The van der Waals surface area contributed by atoms with Crippen molar-refractivity contribution in [3.05, 3.63) is 108 Å². The number of hydrogen-bond donors (Lipinski definition) is 3. The number of nitrogens with zero attached hydrogens (tertiary/aromatic N) is 4. The topological polar surface area (TPSA) is 160 Å². The quantitative estimate of drug-likeness (QED) is 0.114. The SMILES string of the molecule is CC(C)[C@@H]1CC[C@@H](C)C[C@H]1OCC(=O)N1CCC[C@H]1c1ncc(-c2ccc(-c3ccc(-c4cnc([C@@H]5CCCN5C(=O)[C@H](OC(N)=O)c5ccccc5)[nH]4)cc3)cc2)[nH]1. The zero-order chi connectivity index (χ0) is 41.0. The third-order valence-electron chi connectivity index (χ3n) is 12.6. The van der Waals surface area contributed by atoms with E-state index in [-0.39, 0.29) is 36.6 Å². The van der Waals surface area contributed by atoms with Crippen molar-refractivity contribution in [1.29, 1.82) is 0 Å². The molecule has 3 aliphatic rings. The van der Waals surface area contributed by atoms with Gasteiger partial charge in [0.2, 0.25) is 12.0 Å². The van der Waals surface area contributed by atoms with Crippen LogP contribution >= 0.6 is 0 Å². The fraction of sp³-hybridized carbons (Fsp3) is 0.426. The zero-order valence-corrected chi connectivity index (χ0v) is 34.2. The molecular weight excluding hydrogens is 743 g/mol. The van der Waals surface area contributed by atoms with Crippen molar-refractivity contribution in [2.75, 3.05) is 19.7 Å². The number of nitrogens with one attached hydrogen (secondary N) is 2. The van der Waals surface area contributed by atoms with Crippen LogP contribution in [0.25, 0.3) is 33.6 Å². The molecule has 5 aromatic rings. The number of H-pyrrole nitrogens is 2. The van der Waals surface area contributed by atoms with Crippen molar-refractivity contribution in [1.82, 2.24) is 29.7 Å². The van der Waals surface area contributed by atoms with Gasteiger partial charge in [0.05, 0.1) is 42.0 Å². The molecule has 59 heavy (non-hydrogen) atoms. The first-order valence-corrected chi connectivity index (χ1v) is 21.2. The maximum Gasteiger partial charge on any atom is 0.405 e. The molecule has 4 N–H and O–H groups in total. The van der Waals surface area contributed by atoms with E-state index in [1.807, 2.05) is 17.2 Å². The Balaban J connectivity index is 0.891. The van der Waals surface area contributed by atoms with E-state index in [1.165, 1.54) is 12.8 Å². The molecule has 308 valence electrons. The lowest BCUT2D eigenvalue weighted by Gasteiger charge is -2.37. The van der Waals surface area contributed by atoms with Crippen LogP contribution in [0.15, 0.2) is 91.3 Å². The molecule has 4 heterocycles. The highest BCUT2D eigenvalue weighted by Gasteiger charge is 2.38. The standard InChI is InChI=1S/C47H55N7O5/c1-29(2)36-22-13-30(3)25-41(36)58-28-42(55)53-23-7-11-39(53)44-49-26-37(51-44)33-18-14-31(15-19-33)32-16-20-34(21-17-32)38-27-50-45(52-38)40-12-8-24-54(40)46(56)43(59-47(48)57)35-9-5-4-6-10-35/h4-6,9-10,14-21,26-27,29-30,36,39-41,43H,7-8,11-13,22-25,28H2,1-3H3,(H2,48,57)(H,49,51)(H,50,52)/t30-,36+,39+,40+,41-,43-/m1/s1. The van der Waals surface area contributed by atoms with E-state index in [1.54, 1.807) is 35.4 Å². The zero-order valence-electron chi connectivity index (χ0n) is 34.2. The Hall–Kier alpha value is -5.75. The number of amides is 3. The lowest BCUT2D eigenvalue weighted by Crippen LogP contribution is -2.39. The van der Waals surface area contributed by atoms with Gasteiger partial charge in [0.15, 0.2) is 0 Å². The first-order valence-electron chi connectivity index (χ1n) is 21.2. The van der Waals surface area contributed by atoms with Crippen LogP contribution in [0.2, 0.25) is 0 Å². The Labute approximate surface area is 345 Å². The third kappa shape index (κ3) is 8.83. The summed E-state index contributed by atoms with van der Waals surface area (Å²) in [6.45, 7) is 8.19. The van der Waals surface area contributed by atoms with Crippen LogP contribution in [-0.4, -0.2) is 73.4 Å². The van der Waals surface area contributed by atoms with Crippen molar-refractivity contribution >= 4 is 17.9 Å². The predicted molar refractivity (Wildman–Crippen MR) is 225 cm³/mol. The van der Waals surface area contributed by atoms with Crippen LogP contribution in [-0.2, 0) is 19.1 Å². The lowest BCUT2D eigenvalue weighted by molar-refractivity contribution is -0.143. The van der Waals surface area contributed by atoms with Gasteiger partial charge in [-0.05, 0) is 78.5 Å². The van der Waals surface area contributed by atoms with Crippen molar-refractivity contribution in [2.24, 2.45) is 23.5 Å². The number of likely N-dealkylation sites (tertiary alicyclic amines) is 2. The first-order chi connectivity index (χ1) is 28.6. The van der Waals surface area contributed by atoms with Gasteiger partial charge in [0.25, 0.3) is 5.91 Å². The molecule has 2 saturated heterocycles. The summed E-state index contributed by atoms with van der Waals surface area (Å²) in [5, 5.41) is 0. The van der Waals surface area contributed by atoms with Gasteiger partial charge in [-0.1, -0.05) is 106 Å². The summed E-state index contributed by atoms with van der Waals surface area (Å²) in [6, 6.07) is 25.3. The van der Waals surface area contributed by atoms with Crippen LogP contribution < -0.4 is 5.73 Å². The van der Waals surface area contributed by atoms with Gasteiger partial charge in [-0.25, -0.2) is 14.8 Å². The van der Waals surface area contributed by atoms with Gasteiger partial charge >= 0.3 is 6.09 Å². The lowest BCUT2D eigenvalue weighted by atomic mass is 9.75. The number of carbonyl (C=O) groups is 3. The fourth-order valence-corrected chi connectivity index (χ4v) is 9.38. The molecule has 6 atom stereocenters. The number of nitrogens with two attached hydrogens (primary N) is 1. The Morgan fingerprint density at radius 1 is 0.746 bits per heavy atom. The molecule has 8 rings (SSSR count). The average molecular weight is 798 g/mol. The van der Waals surface area contributed by atoms with Crippen molar-refractivity contribution in [3.63, 3.8) is 0 Å². The third-order valence-corrected chi connectivity index (χ3v) is 12.6. The number of aromatic amines is 2. The number of benzene rings is 3. The maximum absolute atomic E-state index is 13.7. The Morgan fingerprint density at radius 2 is 1.29 bits per heavy atom. The van der Waals surface area contributed by atoms with Crippen LogP contribution in [0.4, 0.5) is 4.79 Å². The molecule has 2 aromatic heterocycles. The minimum Gasteiger partial charge on any atom is -0.431 e. The minimum absolute atomic E-state index is 0.0490. The van der Waals surface area contributed by atoms with Gasteiger partial charge in [-0.2, -0.15) is 0 Å². The second-order valence-corrected chi connectivity index (χ2v) is 16.9. The Bertz CT molecular complexity index is 2220. The van der Waals surface area contributed by atoms with Crippen molar-refractivity contribution < 1.29 is 23.9 Å². The molecule has 0 spiro atoms. The molecule has 1 saturated carbocycles. The summed E-state index contributed by atoms with van der Waals surface area (Å²) in [4.78, 5) is 59.0. The number of imidazole rings is 2. The molecule has 12 heteroatoms. The van der Waals surface area contributed by atoms with Gasteiger partial charge in [0, 0.05) is 18.7 Å². The first kappa shape index (κ1) is 40.0. The molecule has 0 unspecified atom stereocenters. The van der Waals surface area contributed by atoms with E-state index in [4.69, 9.17) is 20.2 Å². The van der Waals surface area contributed by atoms with Gasteiger partial charge in [-0.3, -0.25) is 9.59 Å². The minimum atomic E-state index is -1.12. The predicted octanol–water partition coefficient (Wildman–Crippen LogP) is 8.77. The van der Waals surface area contributed by atoms with Crippen molar-refractivity contribution in [2.45, 2.75) is 90.0 Å². The Kier molecular flexibility index (Phi) is 12.0. The largest absolute Gasteiger partial charge is 0.431 e. The molecule has 2 aliphatic heterocycles. The molecule has 3 fully saturated rings. The molecule has 1 aliphatic carbocycles. The molecule has 0 bridgehead atoms. The number of primary amides is 1. The summed E-state index contributed by atoms with van der Waals surface area (Å²) < 4.78 is 11.6. The Morgan fingerprint density at radius 3 is 1.85 bits per heavy atom. The maximum atomic E-state index is 13.7. The van der Waals surface area contributed by atoms with E-state index in [0.717, 1.165) is 78.1 Å². The highest BCUT2D eigenvalue weighted by Crippen LogP contribution is 2.38. The van der Waals surface area contributed by atoms with Crippen molar-refractivity contribution in [3.8, 4) is 33.6 Å². The number of hydrogen-bond acceptors (Lipinski definition) is 7. The molecule has 0 radical (unpaired) electrons. The normalized spacial score (nSPS) is 22.5. The second kappa shape index (κ2) is 17.6. The van der Waals surface area contributed by atoms with Crippen LogP contribution in [0.5, 0.6) is 0 Å². The smallest absolute Gasteiger partial charge is 0.405 e. The molecular formula is C47H55N7O5. The van der Waals surface area contributed by atoms with E-state index >= 15 is 0 Å². The van der Waals surface area contributed by atoms with Crippen LogP contribution in [0, 0.1) is 17.8 Å². The molecule has 12 nitrogen and oxygen atoms in total. The average Bonchev–Trinajstić information content (AvgIpc) is 4.09. The number of carbonyl (C=O) groups excluding carboxylic acids is 3. The van der Waals surface area contributed by atoms with E-state index in [0.29, 0.717) is 35.7 Å². The summed E-state index contributed by atoms with van der Waals surface area (Å²) in [5.41, 5.74) is 11.8. The molecule has 3 amide bonds. The van der Waals surface area contributed by atoms with Gasteiger partial charge in [0.1, 0.15) is 18.3 Å². The second-order valence-electron chi connectivity index (χ2n) is 16.9. The number of aromatic nitrogens is 4. The summed E-state index contributed by atoms with van der Waals surface area (Å²) in [6.07, 6.45) is 8.47. The van der Waals surface area contributed by atoms with E-state index in [2.05, 4.69) is 84.3 Å². The fourth-order valence-electron chi connectivity index (χ4n) is 9.38. The number of rotatable bonds is 12. The highest BCUT2D eigenvalue weighted by atomic mass is 16.6. The van der Waals surface area contributed by atoms with E-state index < -0.39 is 12.2 Å². The highest BCUT2D eigenvalue weighted by molar-refractivity contribution is 5.85. The summed E-state index contributed by atoms with van der Waals surface area (Å²) in [5.74, 6) is 2.91. The van der Waals surface area contributed by atoms with Crippen LogP contribution in [0.3, 0.4) is 0 Å². The number of ether oxygens (including phenoxy) is 2. The summed E-state index contributed by atoms with van der Waals surface area (Å²) in [7, 11) is 0. The molecule has 3 aromatic carbocycles. The van der Waals surface area contributed by atoms with Gasteiger partial charge in [-0.15, -0.1) is 0 Å².